The highest BCUT2D eigenvalue weighted by atomic mass is 32.2. The lowest BCUT2D eigenvalue weighted by Crippen LogP contribution is -2.49. The van der Waals surface area contributed by atoms with Gasteiger partial charge in [0.25, 0.3) is 0 Å². The van der Waals surface area contributed by atoms with E-state index in [2.05, 4.69) is 5.32 Å². The minimum absolute atomic E-state index is 0.0161. The molecule has 1 aliphatic heterocycles. The number of methoxy groups -OCH3 is 1. The first kappa shape index (κ1) is 26.0. The van der Waals surface area contributed by atoms with Gasteiger partial charge < -0.3 is 25.8 Å². The van der Waals surface area contributed by atoms with E-state index in [0.717, 1.165) is 18.4 Å². The van der Waals surface area contributed by atoms with Crippen LogP contribution >= 0.6 is 11.8 Å². The second-order valence-corrected chi connectivity index (χ2v) is 8.79. The van der Waals surface area contributed by atoms with Gasteiger partial charge >= 0.3 is 5.97 Å². The highest BCUT2D eigenvalue weighted by Crippen LogP contribution is 2.22. The smallest absolute Gasteiger partial charge is 0.326 e. The van der Waals surface area contributed by atoms with Gasteiger partial charge in [-0.3, -0.25) is 14.5 Å². The average Bonchev–Trinajstić information content (AvgIpc) is 3.24. The van der Waals surface area contributed by atoms with Crippen LogP contribution < -0.4 is 15.8 Å². The van der Waals surface area contributed by atoms with Crippen LogP contribution in [0.15, 0.2) is 24.3 Å². The van der Waals surface area contributed by atoms with E-state index in [-0.39, 0.29) is 30.9 Å². The number of thioether (sulfide) groups is 1. The molecule has 1 fully saturated rings. The lowest BCUT2D eigenvalue weighted by atomic mass is 10.1. The molecule has 0 aliphatic carbocycles. The van der Waals surface area contributed by atoms with Gasteiger partial charge in [-0.25, -0.2) is 4.79 Å². The highest BCUT2D eigenvalue weighted by Gasteiger charge is 2.30. The monoisotopic (exact) mass is 466 g/mol. The number of hydrogen-bond acceptors (Lipinski definition) is 7. The fourth-order valence-electron chi connectivity index (χ4n) is 3.96. The molecule has 0 bridgehead atoms. The van der Waals surface area contributed by atoms with Crippen LogP contribution in [-0.2, 0) is 20.9 Å². The quantitative estimate of drug-likeness (QED) is 0.389. The maximum atomic E-state index is 12.8. The predicted molar refractivity (Wildman–Crippen MR) is 125 cm³/mol. The third kappa shape index (κ3) is 7.68. The van der Waals surface area contributed by atoms with E-state index in [1.165, 1.54) is 11.8 Å². The summed E-state index contributed by atoms with van der Waals surface area (Å²) >= 11 is 1.53. The summed E-state index contributed by atoms with van der Waals surface area (Å²) in [5.74, 6) is -0.150. The van der Waals surface area contributed by atoms with E-state index in [1.807, 2.05) is 35.4 Å². The number of carboxylic acids is 1. The molecule has 0 saturated carbocycles. The number of carbonyl (C=O) groups excluding carboxylic acids is 2. The summed E-state index contributed by atoms with van der Waals surface area (Å²) in [6, 6.07) is 6.60. The number of carboxylic acid groups (broad SMARTS) is 1. The molecule has 10 heteroatoms. The molecule has 9 nitrogen and oxygen atoms in total. The van der Waals surface area contributed by atoms with E-state index in [0.29, 0.717) is 37.6 Å². The fourth-order valence-corrected chi connectivity index (χ4v) is 4.44. The number of nitrogens with two attached hydrogens (primary N) is 1. The molecule has 0 spiro atoms. The minimum atomic E-state index is -1.04. The Balaban J connectivity index is 2.15. The molecule has 1 aromatic rings. The Bertz CT molecular complexity index is 778. The Morgan fingerprint density at radius 3 is 2.78 bits per heavy atom. The second kappa shape index (κ2) is 13.3. The first-order valence-electron chi connectivity index (χ1n) is 10.7. The predicted octanol–water partition coefficient (Wildman–Crippen LogP) is 0.769. The molecule has 2 rings (SSSR count). The summed E-state index contributed by atoms with van der Waals surface area (Å²) in [5, 5.41) is 12.1. The van der Waals surface area contributed by atoms with E-state index in [4.69, 9.17) is 10.5 Å². The molecular weight excluding hydrogens is 432 g/mol. The normalized spacial score (nSPS) is 16.8. The topological polar surface area (TPSA) is 125 Å². The van der Waals surface area contributed by atoms with Crippen molar-refractivity contribution in [1.29, 1.82) is 0 Å². The molecule has 4 N–H and O–H groups in total. The third-order valence-corrected chi connectivity index (χ3v) is 6.18. The Morgan fingerprint density at radius 1 is 1.38 bits per heavy atom. The largest absolute Gasteiger partial charge is 0.496 e. The molecule has 2 amide bonds. The van der Waals surface area contributed by atoms with Crippen LogP contribution in [-0.4, -0.2) is 90.1 Å². The number of ether oxygens (including phenoxy) is 1. The molecule has 1 heterocycles. The molecule has 1 saturated heterocycles. The molecule has 178 valence electrons. The Hall–Kier alpha value is -2.30. The summed E-state index contributed by atoms with van der Waals surface area (Å²) in [7, 11) is 1.59. The zero-order valence-electron chi connectivity index (χ0n) is 18.8. The summed E-state index contributed by atoms with van der Waals surface area (Å²) < 4.78 is 5.45. The maximum Gasteiger partial charge on any atom is 0.326 e. The van der Waals surface area contributed by atoms with E-state index in [1.54, 1.807) is 12.0 Å². The average molecular weight is 467 g/mol. The van der Waals surface area contributed by atoms with E-state index >= 15 is 0 Å². The van der Waals surface area contributed by atoms with Crippen LogP contribution in [0.1, 0.15) is 24.8 Å². The summed E-state index contributed by atoms with van der Waals surface area (Å²) in [6.45, 7) is 1.55. The first-order valence-corrected chi connectivity index (χ1v) is 12.1. The Kier molecular flexibility index (Phi) is 10.8. The summed E-state index contributed by atoms with van der Waals surface area (Å²) in [4.78, 5) is 40.2. The number of para-hydroxylation sites is 1. The van der Waals surface area contributed by atoms with Gasteiger partial charge in [-0.05, 0) is 37.3 Å². The van der Waals surface area contributed by atoms with E-state index < -0.39 is 12.0 Å². The molecule has 1 aromatic carbocycles. The van der Waals surface area contributed by atoms with Crippen molar-refractivity contribution in [3.63, 3.8) is 0 Å². The lowest BCUT2D eigenvalue weighted by molar-refractivity contribution is -0.142. The molecule has 1 aliphatic rings. The molecular formula is C22H34N4O5S. The number of benzene rings is 1. The number of amides is 2. The zero-order valence-corrected chi connectivity index (χ0v) is 19.6. The molecule has 0 unspecified atom stereocenters. The van der Waals surface area contributed by atoms with Gasteiger partial charge in [0.05, 0.1) is 20.2 Å². The summed E-state index contributed by atoms with van der Waals surface area (Å²) in [5.41, 5.74) is 6.48. The van der Waals surface area contributed by atoms with Gasteiger partial charge in [-0.1, -0.05) is 18.2 Å². The second-order valence-electron chi connectivity index (χ2n) is 7.81. The van der Waals surface area contributed by atoms with Crippen LogP contribution in [0.4, 0.5) is 0 Å². The van der Waals surface area contributed by atoms with Gasteiger partial charge in [-0.2, -0.15) is 11.8 Å². The number of likely N-dealkylation sites (tertiary alicyclic amines) is 1. The van der Waals surface area contributed by atoms with Gasteiger partial charge in [0.2, 0.25) is 11.8 Å². The number of hydrogen-bond donors (Lipinski definition) is 3. The van der Waals surface area contributed by atoms with Crippen molar-refractivity contribution in [2.75, 3.05) is 45.3 Å². The van der Waals surface area contributed by atoms with Crippen molar-refractivity contribution in [2.45, 2.75) is 37.9 Å². The number of aliphatic carboxylic acids is 1. The number of nitrogens with zero attached hydrogens (tertiary/aromatic N) is 2. The van der Waals surface area contributed by atoms with Gasteiger partial charge in [0.1, 0.15) is 11.8 Å². The van der Waals surface area contributed by atoms with Gasteiger partial charge in [0.15, 0.2) is 0 Å². The molecule has 0 aromatic heterocycles. The van der Waals surface area contributed by atoms with E-state index in [9.17, 15) is 19.5 Å². The third-order valence-electron chi connectivity index (χ3n) is 5.54. The van der Waals surface area contributed by atoms with Gasteiger partial charge in [-0.15, -0.1) is 0 Å². The number of nitrogens with one attached hydrogen (secondary N) is 1. The summed E-state index contributed by atoms with van der Waals surface area (Å²) in [6.07, 6.45) is 3.98. The van der Waals surface area contributed by atoms with Crippen molar-refractivity contribution in [1.82, 2.24) is 15.1 Å². The first-order chi connectivity index (χ1) is 15.4. The van der Waals surface area contributed by atoms with Crippen molar-refractivity contribution < 1.29 is 24.2 Å². The van der Waals surface area contributed by atoms with Crippen LogP contribution in [0.2, 0.25) is 0 Å². The molecule has 32 heavy (non-hydrogen) atoms. The Labute approximate surface area is 193 Å². The van der Waals surface area contributed by atoms with Crippen LogP contribution in [0.5, 0.6) is 5.75 Å². The zero-order chi connectivity index (χ0) is 23.5. The SMILES string of the molecule is COc1ccccc1CN(CC(=O)N[C@@H](CCSC)C(=O)O)C[C@@H]1CCCN1C(=O)CN. The van der Waals surface area contributed by atoms with Crippen molar-refractivity contribution >= 4 is 29.5 Å². The van der Waals surface area contributed by atoms with Gasteiger partial charge in [0, 0.05) is 31.2 Å². The molecule has 0 radical (unpaired) electrons. The Morgan fingerprint density at radius 2 is 2.12 bits per heavy atom. The minimum Gasteiger partial charge on any atom is -0.496 e. The highest BCUT2D eigenvalue weighted by molar-refractivity contribution is 7.98. The molecule has 2 atom stereocenters. The lowest BCUT2D eigenvalue weighted by Gasteiger charge is -2.31. The van der Waals surface area contributed by atoms with Crippen LogP contribution in [0, 0.1) is 0 Å². The fraction of sp³-hybridized carbons (Fsp3) is 0.591. The van der Waals surface area contributed by atoms with Crippen LogP contribution in [0.3, 0.4) is 0 Å². The maximum absolute atomic E-state index is 12.8. The van der Waals surface area contributed by atoms with Crippen LogP contribution in [0.25, 0.3) is 0 Å². The van der Waals surface area contributed by atoms with Crippen molar-refractivity contribution in [3.8, 4) is 5.75 Å². The number of carbonyl (C=O) groups is 3. The standard InChI is InChI=1S/C22H34N4O5S/c1-31-19-8-4-3-6-16(19)13-25(14-17-7-5-10-26(17)21(28)12-23)15-20(27)24-18(22(29)30)9-11-32-2/h3-4,6,8,17-18H,5,7,9-15,23H2,1-2H3,(H,24,27)(H,29,30)/t17-,18-/m0/s1. The number of rotatable bonds is 13. The van der Waals surface area contributed by atoms with Crippen molar-refractivity contribution in [2.24, 2.45) is 5.73 Å². The van der Waals surface area contributed by atoms with Crippen molar-refractivity contribution in [3.05, 3.63) is 29.8 Å².